The number of H-pyrrole nitrogens is 1. The first-order valence-corrected chi connectivity index (χ1v) is 9.85. The maximum atomic E-state index is 13.1. The number of nitrogens with zero attached hydrogens (tertiary/aromatic N) is 3. The molecule has 1 amide bonds. The third-order valence-electron chi connectivity index (χ3n) is 5.29. The quantitative estimate of drug-likeness (QED) is 0.738. The van der Waals surface area contributed by atoms with Gasteiger partial charge in [0.2, 0.25) is 0 Å². The Labute approximate surface area is 168 Å². The lowest BCUT2D eigenvalue weighted by Gasteiger charge is -2.22. The highest BCUT2D eigenvalue weighted by atomic mass is 19.1. The lowest BCUT2D eigenvalue weighted by molar-refractivity contribution is 0.0761. The van der Waals surface area contributed by atoms with Gasteiger partial charge in [-0.1, -0.05) is 12.1 Å². The maximum absolute atomic E-state index is 13.1. The van der Waals surface area contributed by atoms with E-state index in [0.717, 1.165) is 26.1 Å². The van der Waals surface area contributed by atoms with Crippen LogP contribution in [0.3, 0.4) is 0 Å². The van der Waals surface area contributed by atoms with Crippen LogP contribution in [0, 0.1) is 5.82 Å². The molecule has 1 saturated heterocycles. The number of aromatic nitrogens is 2. The number of carbonyl (C=O) groups excluding carboxylic acids is 1. The van der Waals surface area contributed by atoms with Crippen LogP contribution in [0.25, 0.3) is 10.9 Å². The molecule has 1 aliphatic rings. The number of carbonyl (C=O) groups is 1. The van der Waals surface area contributed by atoms with Crippen molar-refractivity contribution < 1.29 is 9.18 Å². The fourth-order valence-corrected chi connectivity index (χ4v) is 3.69. The van der Waals surface area contributed by atoms with Crippen LogP contribution in [0.4, 0.5) is 4.39 Å². The van der Waals surface area contributed by atoms with Crippen molar-refractivity contribution in [1.29, 1.82) is 0 Å². The van der Waals surface area contributed by atoms with Gasteiger partial charge in [0.25, 0.3) is 11.5 Å². The molecule has 0 unspecified atom stereocenters. The second-order valence-corrected chi connectivity index (χ2v) is 7.27. The second-order valence-electron chi connectivity index (χ2n) is 7.27. The molecule has 6 nitrogen and oxygen atoms in total. The Morgan fingerprint density at radius 3 is 2.66 bits per heavy atom. The van der Waals surface area contributed by atoms with Gasteiger partial charge < -0.3 is 14.8 Å². The molecule has 1 N–H and O–H groups in total. The molecule has 1 aromatic heterocycles. The summed E-state index contributed by atoms with van der Waals surface area (Å²) in [5.41, 5.74) is 1.11. The summed E-state index contributed by atoms with van der Waals surface area (Å²) in [5, 5.41) is 0.598. The number of nitrogens with one attached hydrogen (secondary N) is 1. The smallest absolute Gasteiger partial charge is 0.258 e. The molecule has 0 spiro atoms. The number of aromatic amines is 1. The van der Waals surface area contributed by atoms with Crippen molar-refractivity contribution in [2.75, 3.05) is 32.7 Å². The Bertz CT molecular complexity index is 1060. The topological polar surface area (TPSA) is 69.3 Å². The van der Waals surface area contributed by atoms with E-state index < -0.39 is 0 Å². The Balaban J connectivity index is 1.36. The van der Waals surface area contributed by atoms with E-state index in [-0.39, 0.29) is 17.3 Å². The number of benzene rings is 2. The molecule has 2 heterocycles. The monoisotopic (exact) mass is 394 g/mol. The van der Waals surface area contributed by atoms with E-state index in [2.05, 4.69) is 14.9 Å². The molecular weight excluding hydrogens is 371 g/mol. The van der Waals surface area contributed by atoms with E-state index in [9.17, 15) is 14.0 Å². The van der Waals surface area contributed by atoms with E-state index in [1.807, 2.05) is 23.1 Å². The average molecular weight is 394 g/mol. The fourth-order valence-electron chi connectivity index (χ4n) is 3.69. The minimum absolute atomic E-state index is 0.0626. The first-order valence-electron chi connectivity index (χ1n) is 9.85. The van der Waals surface area contributed by atoms with Gasteiger partial charge in [-0.2, -0.15) is 0 Å². The van der Waals surface area contributed by atoms with Gasteiger partial charge in [0.1, 0.15) is 11.6 Å². The summed E-state index contributed by atoms with van der Waals surface area (Å²) < 4.78 is 13.1. The standard InChI is InChI=1S/C22H23FN4O2/c23-17-8-6-16(7-9-17)22(29)27-12-3-11-26(14-15-27)13-10-20-24-19-5-2-1-4-18(19)21(28)25-20/h1-2,4-9H,3,10-15H2,(H,24,25,28). The minimum atomic E-state index is -0.344. The predicted octanol–water partition coefficient (Wildman–Crippen LogP) is 2.45. The van der Waals surface area contributed by atoms with Crippen molar-refractivity contribution in [3.05, 3.63) is 76.1 Å². The Morgan fingerprint density at radius 1 is 1.03 bits per heavy atom. The first kappa shape index (κ1) is 19.3. The third kappa shape index (κ3) is 4.51. The molecule has 1 fully saturated rings. The first-order chi connectivity index (χ1) is 14.1. The Hall–Kier alpha value is -3.06. The van der Waals surface area contributed by atoms with E-state index in [1.54, 1.807) is 6.07 Å². The number of amides is 1. The highest BCUT2D eigenvalue weighted by Crippen LogP contribution is 2.11. The molecule has 4 rings (SSSR count). The van der Waals surface area contributed by atoms with Crippen LogP contribution in [0.1, 0.15) is 22.6 Å². The van der Waals surface area contributed by atoms with Crippen LogP contribution in [-0.2, 0) is 6.42 Å². The number of hydrogen-bond donors (Lipinski definition) is 1. The minimum Gasteiger partial charge on any atom is -0.337 e. The summed E-state index contributed by atoms with van der Waals surface area (Å²) in [6.45, 7) is 3.70. The number of hydrogen-bond acceptors (Lipinski definition) is 4. The van der Waals surface area contributed by atoms with Crippen molar-refractivity contribution in [2.24, 2.45) is 0 Å². The van der Waals surface area contributed by atoms with E-state index in [1.165, 1.54) is 24.3 Å². The van der Waals surface area contributed by atoms with Gasteiger partial charge in [0, 0.05) is 38.2 Å². The van der Waals surface area contributed by atoms with E-state index >= 15 is 0 Å². The van der Waals surface area contributed by atoms with Crippen LogP contribution >= 0.6 is 0 Å². The van der Waals surface area contributed by atoms with Crippen molar-refractivity contribution in [2.45, 2.75) is 12.8 Å². The summed E-state index contributed by atoms with van der Waals surface area (Å²) >= 11 is 0. The molecule has 1 aliphatic heterocycles. The van der Waals surface area contributed by atoms with E-state index in [4.69, 9.17) is 0 Å². The zero-order valence-corrected chi connectivity index (χ0v) is 16.1. The van der Waals surface area contributed by atoms with Gasteiger partial charge in [0.05, 0.1) is 10.9 Å². The van der Waals surface area contributed by atoms with Gasteiger partial charge in [-0.15, -0.1) is 0 Å². The lowest BCUT2D eigenvalue weighted by Crippen LogP contribution is -2.35. The van der Waals surface area contributed by atoms with Crippen molar-refractivity contribution >= 4 is 16.8 Å². The third-order valence-corrected chi connectivity index (χ3v) is 5.29. The number of halogens is 1. The fraction of sp³-hybridized carbons (Fsp3) is 0.318. The lowest BCUT2D eigenvalue weighted by atomic mass is 10.2. The number of fused-ring (bicyclic) bond motifs is 1. The predicted molar refractivity (Wildman–Crippen MR) is 109 cm³/mol. The maximum Gasteiger partial charge on any atom is 0.258 e. The molecule has 0 aliphatic carbocycles. The molecule has 0 atom stereocenters. The molecule has 2 aromatic carbocycles. The van der Waals surface area contributed by atoms with Gasteiger partial charge in [-0.3, -0.25) is 9.59 Å². The molecule has 150 valence electrons. The molecule has 3 aromatic rings. The van der Waals surface area contributed by atoms with Crippen molar-refractivity contribution in [3.63, 3.8) is 0 Å². The van der Waals surface area contributed by atoms with Gasteiger partial charge in [0.15, 0.2) is 0 Å². The zero-order valence-electron chi connectivity index (χ0n) is 16.1. The summed E-state index contributed by atoms with van der Waals surface area (Å²) in [6, 6.07) is 13.0. The van der Waals surface area contributed by atoms with Crippen molar-refractivity contribution in [1.82, 2.24) is 19.8 Å². The SMILES string of the molecule is O=C(c1ccc(F)cc1)N1CCCN(CCc2nc3ccccc3c(=O)[nH]2)CC1. The van der Waals surface area contributed by atoms with Gasteiger partial charge in [-0.25, -0.2) is 9.37 Å². The molecular formula is C22H23FN4O2. The number of para-hydroxylation sites is 1. The van der Waals surface area contributed by atoms with Crippen LogP contribution < -0.4 is 5.56 Å². The van der Waals surface area contributed by atoms with Crippen molar-refractivity contribution in [3.8, 4) is 0 Å². The second kappa shape index (κ2) is 8.53. The number of rotatable bonds is 4. The molecule has 7 heteroatoms. The van der Waals surface area contributed by atoms with Gasteiger partial charge in [-0.05, 0) is 49.4 Å². The van der Waals surface area contributed by atoms with Crippen LogP contribution in [0.15, 0.2) is 53.3 Å². The highest BCUT2D eigenvalue weighted by molar-refractivity contribution is 5.94. The highest BCUT2D eigenvalue weighted by Gasteiger charge is 2.20. The van der Waals surface area contributed by atoms with Crippen LogP contribution in [-0.4, -0.2) is 58.4 Å². The van der Waals surface area contributed by atoms with E-state index in [0.29, 0.717) is 41.8 Å². The molecule has 0 radical (unpaired) electrons. The summed E-state index contributed by atoms with van der Waals surface area (Å²) in [5.74, 6) is 0.272. The molecule has 29 heavy (non-hydrogen) atoms. The largest absolute Gasteiger partial charge is 0.337 e. The Kier molecular flexibility index (Phi) is 5.67. The van der Waals surface area contributed by atoms with Crippen LogP contribution in [0.2, 0.25) is 0 Å². The molecule has 0 bridgehead atoms. The van der Waals surface area contributed by atoms with Gasteiger partial charge >= 0.3 is 0 Å². The average Bonchev–Trinajstić information content (AvgIpc) is 2.98. The normalized spacial score (nSPS) is 15.4. The molecule has 0 saturated carbocycles. The van der Waals surface area contributed by atoms with Crippen LogP contribution in [0.5, 0.6) is 0 Å². The summed E-state index contributed by atoms with van der Waals surface area (Å²) in [4.78, 5) is 36.4. The Morgan fingerprint density at radius 2 is 1.83 bits per heavy atom. The zero-order chi connectivity index (χ0) is 20.2. The summed E-state index contributed by atoms with van der Waals surface area (Å²) in [7, 11) is 0. The summed E-state index contributed by atoms with van der Waals surface area (Å²) in [6.07, 6.45) is 1.51.